The van der Waals surface area contributed by atoms with Crippen LogP contribution in [0, 0.1) is 0 Å². The molecule has 1 saturated heterocycles. The van der Waals surface area contributed by atoms with E-state index in [4.69, 9.17) is 0 Å². The van der Waals surface area contributed by atoms with E-state index in [0.717, 1.165) is 50.7 Å². The van der Waals surface area contributed by atoms with Crippen molar-refractivity contribution in [3.63, 3.8) is 0 Å². The largest absolute Gasteiger partial charge is 0.417 e. The van der Waals surface area contributed by atoms with Crippen LogP contribution in [0.1, 0.15) is 51.1 Å². The van der Waals surface area contributed by atoms with Crippen LogP contribution in [0.15, 0.2) is 41.3 Å². The summed E-state index contributed by atoms with van der Waals surface area (Å²) >= 11 is 0. The van der Waals surface area contributed by atoms with Crippen molar-refractivity contribution in [3.05, 3.63) is 52.4 Å². The lowest BCUT2D eigenvalue weighted by molar-refractivity contribution is -0.136. The second kappa shape index (κ2) is 9.14. The van der Waals surface area contributed by atoms with E-state index in [1.807, 2.05) is 24.3 Å². The molecule has 0 radical (unpaired) electrons. The lowest BCUT2D eigenvalue weighted by Crippen LogP contribution is -2.54. The highest BCUT2D eigenvalue weighted by Crippen LogP contribution is 2.36. The van der Waals surface area contributed by atoms with Crippen LogP contribution in [0.4, 0.5) is 30.5 Å². The van der Waals surface area contributed by atoms with Crippen molar-refractivity contribution in [3.8, 4) is 0 Å². The van der Waals surface area contributed by atoms with Crippen LogP contribution in [-0.4, -0.2) is 39.7 Å². The van der Waals surface area contributed by atoms with Gasteiger partial charge in [0, 0.05) is 60.2 Å². The number of fused-ring (bicyclic) bond motifs is 1. The average Bonchev–Trinajstić information content (AvgIpc) is 3.32. The zero-order chi connectivity index (χ0) is 24.7. The second-order valence-electron chi connectivity index (χ2n) is 9.68. The van der Waals surface area contributed by atoms with Crippen LogP contribution in [0.5, 0.6) is 0 Å². The maximum Gasteiger partial charge on any atom is 0.417 e. The van der Waals surface area contributed by atoms with E-state index in [1.165, 1.54) is 4.57 Å². The third kappa shape index (κ3) is 4.84. The maximum atomic E-state index is 13.7. The van der Waals surface area contributed by atoms with E-state index >= 15 is 0 Å². The lowest BCUT2D eigenvalue weighted by Gasteiger charge is -2.37. The number of anilines is 3. The zero-order valence-electron chi connectivity index (χ0n) is 19.8. The Morgan fingerprint density at radius 1 is 1.06 bits per heavy atom. The van der Waals surface area contributed by atoms with Crippen molar-refractivity contribution in [2.75, 3.05) is 23.3 Å². The number of halogens is 3. The Balaban J connectivity index is 1.47. The summed E-state index contributed by atoms with van der Waals surface area (Å²) in [6, 6.07) is 9.11. The molecule has 7 nitrogen and oxygen atoms in total. The molecule has 2 N–H and O–H groups in total. The van der Waals surface area contributed by atoms with Gasteiger partial charge in [-0.05, 0) is 51.0 Å². The van der Waals surface area contributed by atoms with Gasteiger partial charge < -0.3 is 15.5 Å². The van der Waals surface area contributed by atoms with Crippen LogP contribution < -0.4 is 21.1 Å². The van der Waals surface area contributed by atoms with Gasteiger partial charge in [0.25, 0.3) is 5.56 Å². The summed E-state index contributed by atoms with van der Waals surface area (Å²) in [6.07, 6.45) is -0.134. The molecule has 186 valence electrons. The van der Waals surface area contributed by atoms with Crippen molar-refractivity contribution in [2.24, 2.45) is 0 Å². The summed E-state index contributed by atoms with van der Waals surface area (Å²) in [4.78, 5) is 23.6. The lowest BCUT2D eigenvalue weighted by atomic mass is 10.1. The van der Waals surface area contributed by atoms with Gasteiger partial charge in [-0.25, -0.2) is 4.98 Å². The number of piperazine rings is 1. The Morgan fingerprint density at radius 3 is 2.34 bits per heavy atom. The first-order valence-corrected chi connectivity index (χ1v) is 12.1. The van der Waals surface area contributed by atoms with E-state index < -0.39 is 17.3 Å². The van der Waals surface area contributed by atoms with Gasteiger partial charge in [-0.15, -0.1) is 0 Å². The van der Waals surface area contributed by atoms with Crippen molar-refractivity contribution < 1.29 is 13.2 Å². The quantitative estimate of drug-likeness (QED) is 0.549. The van der Waals surface area contributed by atoms with Gasteiger partial charge in [0.1, 0.15) is 5.65 Å². The minimum atomic E-state index is -4.67. The van der Waals surface area contributed by atoms with Gasteiger partial charge in [0.15, 0.2) is 0 Å². The molecule has 0 amide bonds. The number of benzene rings is 1. The van der Waals surface area contributed by atoms with Crippen molar-refractivity contribution >= 4 is 28.4 Å². The molecule has 2 aliphatic rings. The molecule has 1 aliphatic carbocycles. The number of pyridine rings is 1. The second-order valence-corrected chi connectivity index (χ2v) is 9.68. The van der Waals surface area contributed by atoms with E-state index in [2.05, 4.69) is 39.3 Å². The summed E-state index contributed by atoms with van der Waals surface area (Å²) in [6.45, 7) is 6.13. The Hall–Kier alpha value is -3.14. The highest BCUT2D eigenvalue weighted by Gasteiger charge is 2.35. The van der Waals surface area contributed by atoms with Gasteiger partial charge in [-0.2, -0.15) is 18.2 Å². The first kappa shape index (κ1) is 23.6. The van der Waals surface area contributed by atoms with Gasteiger partial charge in [0.2, 0.25) is 5.95 Å². The topological polar surface area (TPSA) is 75.1 Å². The number of nitrogens with one attached hydrogen (secondary N) is 2. The van der Waals surface area contributed by atoms with Crippen molar-refractivity contribution in [2.45, 2.75) is 63.8 Å². The molecule has 35 heavy (non-hydrogen) atoms. The smallest absolute Gasteiger partial charge is 0.368 e. The van der Waals surface area contributed by atoms with Crippen LogP contribution in [0.3, 0.4) is 0 Å². The molecule has 10 heteroatoms. The van der Waals surface area contributed by atoms with Crippen molar-refractivity contribution in [1.29, 1.82) is 0 Å². The molecular weight excluding hydrogens is 457 g/mol. The van der Waals surface area contributed by atoms with E-state index in [-0.39, 0.29) is 23.0 Å². The molecule has 2 fully saturated rings. The molecule has 2 atom stereocenters. The fraction of sp³-hybridized carbons (Fsp3) is 0.480. The number of hydrogen-bond acceptors (Lipinski definition) is 6. The highest BCUT2D eigenvalue weighted by molar-refractivity contribution is 5.80. The molecular formula is C25H29F3N6O. The van der Waals surface area contributed by atoms with E-state index in [0.29, 0.717) is 23.8 Å². The summed E-state index contributed by atoms with van der Waals surface area (Å²) < 4.78 is 42.4. The Kier molecular flexibility index (Phi) is 6.16. The van der Waals surface area contributed by atoms with Crippen molar-refractivity contribution in [1.82, 2.24) is 19.9 Å². The average molecular weight is 487 g/mol. The third-order valence-electron chi connectivity index (χ3n) is 6.83. The number of alkyl halides is 3. The molecule has 1 saturated carbocycles. The molecule has 0 spiro atoms. The molecule has 0 bridgehead atoms. The highest BCUT2D eigenvalue weighted by atomic mass is 19.4. The van der Waals surface area contributed by atoms with Gasteiger partial charge in [-0.3, -0.25) is 9.36 Å². The Labute approximate surface area is 201 Å². The fourth-order valence-electron chi connectivity index (χ4n) is 5.35. The van der Waals surface area contributed by atoms with Gasteiger partial charge in [0.05, 0.1) is 5.56 Å². The molecule has 2 unspecified atom stereocenters. The summed E-state index contributed by atoms with van der Waals surface area (Å²) in [7, 11) is 0. The predicted molar refractivity (Wildman–Crippen MR) is 130 cm³/mol. The summed E-state index contributed by atoms with van der Waals surface area (Å²) in [5.41, 5.74) is 0.160. The summed E-state index contributed by atoms with van der Waals surface area (Å²) in [5.74, 6) is 0.153. The van der Waals surface area contributed by atoms with Crippen LogP contribution >= 0.6 is 0 Å². The molecule has 5 rings (SSSR count). The molecule has 1 aromatic carbocycles. The van der Waals surface area contributed by atoms with Gasteiger partial charge in [-0.1, -0.05) is 12.8 Å². The summed E-state index contributed by atoms with van der Waals surface area (Å²) in [5, 5.41) is 6.44. The Morgan fingerprint density at radius 2 is 1.71 bits per heavy atom. The number of aromatic nitrogens is 3. The van der Waals surface area contributed by atoms with Crippen LogP contribution in [-0.2, 0) is 6.18 Å². The number of nitrogens with zero attached hydrogens (tertiary/aromatic N) is 4. The Bertz CT molecular complexity index is 1260. The number of rotatable bonds is 4. The minimum Gasteiger partial charge on any atom is -0.368 e. The minimum absolute atomic E-state index is 0.0228. The van der Waals surface area contributed by atoms with Crippen LogP contribution in [0.25, 0.3) is 11.0 Å². The molecule has 2 aromatic heterocycles. The monoisotopic (exact) mass is 486 g/mol. The molecule has 3 aromatic rings. The standard InChI is InChI=1S/C25H29F3N6O/c1-15-13-33(14-16(2)30-15)18-9-7-17(8-10-18)31-24-29-12-20-21(25(26,27)28)11-22(35)34(23(20)32-24)19-5-3-4-6-19/h7-12,15-16,19,30H,3-6,13-14H2,1-2H3,(H,29,31,32). The first-order valence-electron chi connectivity index (χ1n) is 12.1. The molecule has 3 heterocycles. The number of hydrogen-bond donors (Lipinski definition) is 2. The third-order valence-corrected chi connectivity index (χ3v) is 6.83. The molecule has 1 aliphatic heterocycles. The normalized spacial score (nSPS) is 21.6. The maximum absolute atomic E-state index is 13.7. The van der Waals surface area contributed by atoms with E-state index in [1.54, 1.807) is 0 Å². The first-order chi connectivity index (χ1) is 16.7. The van der Waals surface area contributed by atoms with E-state index in [9.17, 15) is 18.0 Å². The zero-order valence-corrected chi connectivity index (χ0v) is 19.8. The van der Waals surface area contributed by atoms with Crippen LogP contribution in [0.2, 0.25) is 0 Å². The van der Waals surface area contributed by atoms with Gasteiger partial charge >= 0.3 is 6.18 Å². The predicted octanol–water partition coefficient (Wildman–Crippen LogP) is 4.86. The fourth-order valence-corrected chi connectivity index (χ4v) is 5.35. The SMILES string of the molecule is CC1CN(c2ccc(Nc3ncc4c(C(F)(F)F)cc(=O)n(C5CCCC5)c4n3)cc2)CC(C)N1.